The summed E-state index contributed by atoms with van der Waals surface area (Å²) in [4.78, 5) is 0. The normalized spacial score (nSPS) is 12.2. The Bertz CT molecular complexity index is 519. The minimum atomic E-state index is 0.117. The monoisotopic (exact) mass is 255 g/mol. The van der Waals surface area contributed by atoms with Gasteiger partial charge in [-0.15, -0.1) is 0 Å². The van der Waals surface area contributed by atoms with Crippen LogP contribution < -0.4 is 10.5 Å². The van der Waals surface area contributed by atoms with E-state index in [1.807, 2.05) is 24.3 Å². The minimum absolute atomic E-state index is 0.117. The van der Waals surface area contributed by atoms with Gasteiger partial charge in [0.25, 0.3) is 0 Å². The molecule has 0 aliphatic carbocycles. The van der Waals surface area contributed by atoms with E-state index in [0.29, 0.717) is 6.61 Å². The van der Waals surface area contributed by atoms with E-state index in [-0.39, 0.29) is 6.04 Å². The van der Waals surface area contributed by atoms with E-state index in [4.69, 9.17) is 10.5 Å². The van der Waals surface area contributed by atoms with Crippen LogP contribution in [0.3, 0.4) is 0 Å². The van der Waals surface area contributed by atoms with Crippen LogP contribution in [-0.2, 0) is 6.61 Å². The Morgan fingerprint density at radius 2 is 1.84 bits per heavy atom. The Hall–Kier alpha value is -1.80. The fraction of sp³-hybridized carbons (Fsp3) is 0.294. The number of rotatable bonds is 5. The first-order valence-electron chi connectivity index (χ1n) is 6.73. The van der Waals surface area contributed by atoms with Gasteiger partial charge in [0.15, 0.2) is 0 Å². The van der Waals surface area contributed by atoms with Crippen LogP contribution in [0.1, 0.15) is 36.1 Å². The van der Waals surface area contributed by atoms with E-state index in [1.165, 1.54) is 11.1 Å². The minimum Gasteiger partial charge on any atom is -0.489 e. The quantitative estimate of drug-likeness (QED) is 0.877. The van der Waals surface area contributed by atoms with E-state index in [9.17, 15) is 0 Å². The molecule has 0 fully saturated rings. The summed E-state index contributed by atoms with van der Waals surface area (Å²) < 4.78 is 5.77. The topological polar surface area (TPSA) is 35.2 Å². The van der Waals surface area contributed by atoms with Crippen LogP contribution in [0.4, 0.5) is 0 Å². The molecule has 2 aromatic carbocycles. The molecule has 2 heteroatoms. The van der Waals surface area contributed by atoms with Gasteiger partial charge in [-0.25, -0.2) is 0 Å². The lowest BCUT2D eigenvalue weighted by Crippen LogP contribution is -2.08. The number of nitrogens with two attached hydrogens (primary N) is 1. The first-order chi connectivity index (χ1) is 9.19. The van der Waals surface area contributed by atoms with E-state index in [2.05, 4.69) is 38.1 Å². The average Bonchev–Trinajstić information content (AvgIpc) is 2.45. The fourth-order valence-electron chi connectivity index (χ4n) is 2.02. The Morgan fingerprint density at radius 3 is 2.47 bits per heavy atom. The highest BCUT2D eigenvalue weighted by molar-refractivity contribution is 5.29. The zero-order chi connectivity index (χ0) is 13.7. The van der Waals surface area contributed by atoms with Crippen LogP contribution in [0.2, 0.25) is 0 Å². The molecule has 0 aliphatic rings. The van der Waals surface area contributed by atoms with Crippen molar-refractivity contribution in [2.24, 2.45) is 5.73 Å². The van der Waals surface area contributed by atoms with E-state index >= 15 is 0 Å². The lowest BCUT2D eigenvalue weighted by Gasteiger charge is -2.11. The molecule has 1 unspecified atom stereocenters. The largest absolute Gasteiger partial charge is 0.489 e. The highest BCUT2D eigenvalue weighted by atomic mass is 16.5. The maximum Gasteiger partial charge on any atom is 0.119 e. The molecule has 2 N–H and O–H groups in total. The molecule has 0 spiro atoms. The highest BCUT2D eigenvalue weighted by Crippen LogP contribution is 2.19. The molecule has 0 saturated carbocycles. The summed E-state index contributed by atoms with van der Waals surface area (Å²) in [5.41, 5.74) is 9.59. The number of hydrogen-bond acceptors (Lipinski definition) is 2. The van der Waals surface area contributed by atoms with Crippen molar-refractivity contribution < 1.29 is 4.74 Å². The molecule has 2 aromatic rings. The first kappa shape index (κ1) is 13.6. The maximum atomic E-state index is 5.99. The predicted molar refractivity (Wildman–Crippen MR) is 79.2 cm³/mol. The van der Waals surface area contributed by atoms with Crippen LogP contribution in [0.5, 0.6) is 5.75 Å². The summed E-state index contributed by atoms with van der Waals surface area (Å²) in [6.45, 7) is 4.78. The van der Waals surface area contributed by atoms with Gasteiger partial charge in [0.05, 0.1) is 0 Å². The van der Waals surface area contributed by atoms with E-state index in [1.54, 1.807) is 0 Å². The second-order valence-corrected chi connectivity index (χ2v) is 4.86. The standard InChI is InChI=1S/C17H21NO/c1-3-17(18)15-7-9-16(10-8-15)19-12-14-6-4-5-13(2)11-14/h4-11,17H,3,12,18H2,1-2H3. The molecule has 0 radical (unpaired) electrons. The predicted octanol–water partition coefficient (Wildman–Crippen LogP) is 3.98. The molecule has 0 aliphatic heterocycles. The van der Waals surface area contributed by atoms with Gasteiger partial charge in [-0.3, -0.25) is 0 Å². The van der Waals surface area contributed by atoms with Crippen molar-refractivity contribution in [3.8, 4) is 5.75 Å². The number of aryl methyl sites for hydroxylation is 1. The molecule has 19 heavy (non-hydrogen) atoms. The summed E-state index contributed by atoms with van der Waals surface area (Å²) in [5, 5.41) is 0. The molecule has 0 amide bonds. The molecular formula is C17H21NO. The fourth-order valence-corrected chi connectivity index (χ4v) is 2.02. The molecule has 0 saturated heterocycles. The third kappa shape index (κ3) is 3.83. The Morgan fingerprint density at radius 1 is 1.11 bits per heavy atom. The molecule has 2 nitrogen and oxygen atoms in total. The second kappa shape index (κ2) is 6.39. The van der Waals surface area contributed by atoms with E-state index in [0.717, 1.165) is 17.7 Å². The third-order valence-electron chi connectivity index (χ3n) is 3.24. The molecule has 0 aromatic heterocycles. The van der Waals surface area contributed by atoms with Gasteiger partial charge in [0.2, 0.25) is 0 Å². The third-order valence-corrected chi connectivity index (χ3v) is 3.24. The molecule has 2 rings (SSSR count). The van der Waals surface area contributed by atoms with E-state index < -0.39 is 0 Å². The van der Waals surface area contributed by atoms with Gasteiger partial charge in [-0.2, -0.15) is 0 Å². The van der Waals surface area contributed by atoms with Crippen LogP contribution in [0.25, 0.3) is 0 Å². The van der Waals surface area contributed by atoms with Crippen molar-refractivity contribution >= 4 is 0 Å². The summed E-state index contributed by atoms with van der Waals surface area (Å²) in [6.07, 6.45) is 0.948. The number of benzene rings is 2. The number of hydrogen-bond donors (Lipinski definition) is 1. The van der Waals surface area contributed by atoms with Crippen molar-refractivity contribution in [1.29, 1.82) is 0 Å². The lowest BCUT2D eigenvalue weighted by molar-refractivity contribution is 0.306. The van der Waals surface area contributed by atoms with Gasteiger partial charge in [-0.05, 0) is 36.6 Å². The van der Waals surface area contributed by atoms with Crippen molar-refractivity contribution in [2.75, 3.05) is 0 Å². The summed E-state index contributed by atoms with van der Waals surface area (Å²) >= 11 is 0. The summed E-state index contributed by atoms with van der Waals surface area (Å²) in [6, 6.07) is 16.5. The van der Waals surface area contributed by atoms with Crippen LogP contribution in [0, 0.1) is 6.92 Å². The van der Waals surface area contributed by atoms with Gasteiger partial charge in [0, 0.05) is 6.04 Å². The zero-order valence-corrected chi connectivity index (χ0v) is 11.6. The average molecular weight is 255 g/mol. The Labute approximate surface area is 115 Å². The van der Waals surface area contributed by atoms with Crippen molar-refractivity contribution in [3.05, 3.63) is 65.2 Å². The molecule has 0 bridgehead atoms. The van der Waals surface area contributed by atoms with Gasteiger partial charge >= 0.3 is 0 Å². The second-order valence-electron chi connectivity index (χ2n) is 4.86. The van der Waals surface area contributed by atoms with Crippen LogP contribution >= 0.6 is 0 Å². The number of ether oxygens (including phenoxy) is 1. The van der Waals surface area contributed by atoms with Crippen molar-refractivity contribution in [2.45, 2.75) is 32.9 Å². The van der Waals surface area contributed by atoms with Crippen molar-refractivity contribution in [3.63, 3.8) is 0 Å². The summed E-state index contributed by atoms with van der Waals surface area (Å²) in [5.74, 6) is 0.883. The van der Waals surface area contributed by atoms with Gasteiger partial charge in [0.1, 0.15) is 12.4 Å². The van der Waals surface area contributed by atoms with Crippen LogP contribution in [-0.4, -0.2) is 0 Å². The maximum absolute atomic E-state index is 5.99. The van der Waals surface area contributed by atoms with Crippen molar-refractivity contribution in [1.82, 2.24) is 0 Å². The molecule has 0 heterocycles. The van der Waals surface area contributed by atoms with Gasteiger partial charge < -0.3 is 10.5 Å². The molecule has 1 atom stereocenters. The summed E-state index contributed by atoms with van der Waals surface area (Å²) in [7, 11) is 0. The van der Waals surface area contributed by atoms with Gasteiger partial charge in [-0.1, -0.05) is 48.9 Å². The SMILES string of the molecule is CCC(N)c1ccc(OCc2cccc(C)c2)cc1. The zero-order valence-electron chi connectivity index (χ0n) is 11.6. The Kier molecular flexibility index (Phi) is 4.58. The lowest BCUT2D eigenvalue weighted by atomic mass is 10.1. The Balaban J connectivity index is 1.96. The smallest absolute Gasteiger partial charge is 0.119 e. The first-order valence-corrected chi connectivity index (χ1v) is 6.73. The molecular weight excluding hydrogens is 234 g/mol. The molecule has 100 valence electrons. The highest BCUT2D eigenvalue weighted by Gasteiger charge is 2.03. The van der Waals surface area contributed by atoms with Crippen LogP contribution in [0.15, 0.2) is 48.5 Å².